The molecule has 0 spiro atoms. The van der Waals surface area contributed by atoms with Gasteiger partial charge < -0.3 is 9.47 Å². The van der Waals surface area contributed by atoms with Crippen LogP contribution in [-0.2, 0) is 0 Å². The summed E-state index contributed by atoms with van der Waals surface area (Å²) in [4.78, 5) is 0. The van der Waals surface area contributed by atoms with Gasteiger partial charge in [0, 0.05) is 10.6 Å². The molecule has 0 heterocycles. The van der Waals surface area contributed by atoms with Gasteiger partial charge in [-0.25, -0.2) is 0 Å². The van der Waals surface area contributed by atoms with Crippen molar-refractivity contribution in [3.05, 3.63) is 56.5 Å². The van der Waals surface area contributed by atoms with E-state index in [1.165, 1.54) is 0 Å². The van der Waals surface area contributed by atoms with Crippen LogP contribution in [0.25, 0.3) is 0 Å². The zero-order valence-electron chi connectivity index (χ0n) is 11.9. The summed E-state index contributed by atoms with van der Waals surface area (Å²) in [5.74, 6) is 1.33. The predicted molar refractivity (Wildman–Crippen MR) is 91.1 cm³/mol. The van der Waals surface area contributed by atoms with E-state index >= 15 is 0 Å². The van der Waals surface area contributed by atoms with Crippen molar-refractivity contribution in [2.45, 2.75) is 12.3 Å². The lowest BCUT2D eigenvalue weighted by Crippen LogP contribution is -2.01. The van der Waals surface area contributed by atoms with Crippen LogP contribution in [0.4, 0.5) is 0 Å². The molecule has 2 aromatic rings. The fourth-order valence-electron chi connectivity index (χ4n) is 2.15. The highest BCUT2D eigenvalue weighted by atomic mass is 79.9. The molecule has 2 rings (SSSR count). The Kier molecular flexibility index (Phi) is 5.42. The van der Waals surface area contributed by atoms with Gasteiger partial charge in [0.25, 0.3) is 0 Å². The molecule has 21 heavy (non-hydrogen) atoms. The molecule has 0 N–H and O–H groups in total. The van der Waals surface area contributed by atoms with E-state index < -0.39 is 5.38 Å². The molecule has 0 amide bonds. The summed E-state index contributed by atoms with van der Waals surface area (Å²) in [6.45, 7) is 1.95. The summed E-state index contributed by atoms with van der Waals surface area (Å²) in [5.41, 5.74) is 2.68. The number of benzene rings is 2. The van der Waals surface area contributed by atoms with Crippen LogP contribution in [-0.4, -0.2) is 14.2 Å². The van der Waals surface area contributed by atoms with Crippen LogP contribution < -0.4 is 9.47 Å². The molecule has 0 aromatic heterocycles. The van der Waals surface area contributed by atoms with Crippen molar-refractivity contribution < 1.29 is 9.47 Å². The first-order chi connectivity index (χ1) is 10.0. The average molecular weight is 390 g/mol. The van der Waals surface area contributed by atoms with Crippen LogP contribution in [0.5, 0.6) is 11.5 Å². The van der Waals surface area contributed by atoms with E-state index in [1.54, 1.807) is 14.2 Å². The van der Waals surface area contributed by atoms with E-state index in [1.807, 2.05) is 37.3 Å². The Morgan fingerprint density at radius 3 is 2.38 bits per heavy atom. The smallest absolute Gasteiger partial charge is 0.141 e. The quantitative estimate of drug-likeness (QED) is 0.619. The van der Waals surface area contributed by atoms with Gasteiger partial charge >= 0.3 is 0 Å². The molecule has 0 aliphatic rings. The Hall–Kier alpha value is -0.900. The number of methoxy groups -OCH3 is 2. The lowest BCUT2D eigenvalue weighted by Gasteiger charge is -2.18. The summed E-state index contributed by atoms with van der Waals surface area (Å²) >= 11 is 16.5. The third-order valence-electron chi connectivity index (χ3n) is 3.28. The topological polar surface area (TPSA) is 18.5 Å². The molecule has 2 aromatic carbocycles. The largest absolute Gasteiger partial charge is 0.495 e. The number of halogens is 3. The van der Waals surface area contributed by atoms with Gasteiger partial charge in [-0.05, 0) is 46.1 Å². The molecule has 1 unspecified atom stereocenters. The monoisotopic (exact) mass is 388 g/mol. The zero-order valence-corrected chi connectivity index (χ0v) is 15.0. The first-order valence-electron chi connectivity index (χ1n) is 6.30. The second-order valence-corrected chi connectivity index (χ2v) is 6.15. The molecule has 0 radical (unpaired) electrons. The van der Waals surface area contributed by atoms with E-state index in [9.17, 15) is 0 Å². The predicted octanol–water partition coefficient (Wildman–Crippen LogP) is 5.76. The van der Waals surface area contributed by atoms with E-state index in [0.717, 1.165) is 21.2 Å². The number of alkyl halides is 1. The van der Waals surface area contributed by atoms with Crippen LogP contribution in [0.1, 0.15) is 22.1 Å². The van der Waals surface area contributed by atoms with Gasteiger partial charge in [-0.2, -0.15) is 0 Å². The third-order valence-corrected chi connectivity index (χ3v) is 5.02. The summed E-state index contributed by atoms with van der Waals surface area (Å²) < 4.78 is 11.5. The molecule has 1 atom stereocenters. The van der Waals surface area contributed by atoms with Crippen molar-refractivity contribution in [1.29, 1.82) is 0 Å². The lowest BCUT2D eigenvalue weighted by atomic mass is 10.0. The van der Waals surface area contributed by atoms with Crippen molar-refractivity contribution in [1.82, 2.24) is 0 Å². The van der Waals surface area contributed by atoms with E-state index in [0.29, 0.717) is 16.5 Å². The van der Waals surface area contributed by atoms with Crippen molar-refractivity contribution in [2.24, 2.45) is 0 Å². The number of hydrogen-bond acceptors (Lipinski definition) is 2. The fourth-order valence-corrected chi connectivity index (χ4v) is 3.48. The summed E-state index contributed by atoms with van der Waals surface area (Å²) in [7, 11) is 3.21. The first-order valence-corrected chi connectivity index (χ1v) is 7.91. The van der Waals surface area contributed by atoms with Crippen molar-refractivity contribution >= 4 is 39.1 Å². The second kappa shape index (κ2) is 6.91. The highest BCUT2D eigenvalue weighted by Gasteiger charge is 2.22. The van der Waals surface area contributed by atoms with Gasteiger partial charge in [0.05, 0.1) is 19.6 Å². The Balaban J connectivity index is 2.56. The molecular formula is C16H15BrCl2O2. The number of aryl methyl sites for hydroxylation is 1. The van der Waals surface area contributed by atoms with E-state index in [4.69, 9.17) is 32.7 Å². The second-order valence-electron chi connectivity index (χ2n) is 4.54. The molecule has 5 heteroatoms. The molecular weight excluding hydrogens is 375 g/mol. The Morgan fingerprint density at radius 2 is 1.76 bits per heavy atom. The fraction of sp³-hybridized carbons (Fsp3) is 0.250. The van der Waals surface area contributed by atoms with Crippen molar-refractivity contribution in [3.63, 3.8) is 0 Å². The standard InChI is InChI=1S/C16H15BrCl2O2/c1-9-5-4-6-10(14(9)18)15(19)11-7-8-12(20-2)13(17)16(11)21-3/h4-8,15H,1-3H3. The SMILES string of the molecule is COc1ccc(C(Cl)c2cccc(C)c2Cl)c(OC)c1Br. The molecule has 112 valence electrons. The maximum atomic E-state index is 6.63. The summed E-state index contributed by atoms with van der Waals surface area (Å²) in [6, 6.07) is 9.55. The number of rotatable bonds is 4. The minimum Gasteiger partial charge on any atom is -0.495 e. The Bertz CT molecular complexity index is 659. The van der Waals surface area contributed by atoms with Gasteiger partial charge in [0.2, 0.25) is 0 Å². The molecule has 2 nitrogen and oxygen atoms in total. The molecule has 0 aliphatic heterocycles. The molecule has 0 aliphatic carbocycles. The van der Waals surface area contributed by atoms with Crippen LogP contribution in [0, 0.1) is 6.92 Å². The van der Waals surface area contributed by atoms with Crippen LogP contribution in [0.3, 0.4) is 0 Å². The lowest BCUT2D eigenvalue weighted by molar-refractivity contribution is 0.386. The summed E-state index contributed by atoms with van der Waals surface area (Å²) in [6.07, 6.45) is 0. The average Bonchev–Trinajstić information content (AvgIpc) is 2.49. The van der Waals surface area contributed by atoms with Crippen molar-refractivity contribution in [3.8, 4) is 11.5 Å². The van der Waals surface area contributed by atoms with Gasteiger partial charge in [-0.1, -0.05) is 29.8 Å². The minimum atomic E-state index is -0.408. The number of hydrogen-bond donors (Lipinski definition) is 0. The number of ether oxygens (including phenoxy) is 2. The highest BCUT2D eigenvalue weighted by Crippen LogP contribution is 2.45. The van der Waals surface area contributed by atoms with Gasteiger partial charge in [0.15, 0.2) is 0 Å². The van der Waals surface area contributed by atoms with Crippen LogP contribution in [0.2, 0.25) is 5.02 Å². The Labute approximate surface area is 143 Å². The molecule has 0 fully saturated rings. The van der Waals surface area contributed by atoms with Crippen LogP contribution >= 0.6 is 39.1 Å². The van der Waals surface area contributed by atoms with Gasteiger partial charge in [-0.15, -0.1) is 11.6 Å². The minimum absolute atomic E-state index is 0.408. The maximum Gasteiger partial charge on any atom is 0.141 e. The first kappa shape index (κ1) is 16.5. The van der Waals surface area contributed by atoms with Crippen LogP contribution in [0.15, 0.2) is 34.8 Å². The third kappa shape index (κ3) is 3.15. The van der Waals surface area contributed by atoms with Crippen molar-refractivity contribution in [2.75, 3.05) is 14.2 Å². The van der Waals surface area contributed by atoms with Gasteiger partial charge in [-0.3, -0.25) is 0 Å². The Morgan fingerprint density at radius 1 is 1.05 bits per heavy atom. The highest BCUT2D eigenvalue weighted by molar-refractivity contribution is 9.10. The maximum absolute atomic E-state index is 6.63. The van der Waals surface area contributed by atoms with Gasteiger partial charge in [0.1, 0.15) is 16.0 Å². The molecule has 0 saturated carbocycles. The summed E-state index contributed by atoms with van der Waals surface area (Å²) in [5, 5.41) is 0.265. The van der Waals surface area contributed by atoms with E-state index in [2.05, 4.69) is 15.9 Å². The normalized spacial score (nSPS) is 12.1. The molecule has 0 bridgehead atoms. The zero-order chi connectivity index (χ0) is 15.6. The molecule has 0 saturated heterocycles. The van der Waals surface area contributed by atoms with E-state index in [-0.39, 0.29) is 0 Å².